The molecule has 26 heavy (non-hydrogen) atoms. The number of anilines is 2. The van der Waals surface area contributed by atoms with E-state index >= 15 is 0 Å². The van der Waals surface area contributed by atoms with E-state index in [2.05, 4.69) is 45.3 Å². The predicted octanol–water partition coefficient (Wildman–Crippen LogP) is 3.95. The Hall–Kier alpha value is -2.56. The summed E-state index contributed by atoms with van der Waals surface area (Å²) < 4.78 is 0. The van der Waals surface area contributed by atoms with Crippen molar-refractivity contribution in [2.75, 3.05) is 23.3 Å². The van der Waals surface area contributed by atoms with Crippen LogP contribution in [-0.4, -0.2) is 24.0 Å². The summed E-state index contributed by atoms with van der Waals surface area (Å²) in [4.78, 5) is 11.4. The van der Waals surface area contributed by atoms with Crippen LogP contribution in [0.3, 0.4) is 0 Å². The van der Waals surface area contributed by atoms with E-state index in [0.29, 0.717) is 12.5 Å². The maximum Gasteiger partial charge on any atom is 0.193 e. The molecular formula is C21H29N5. The Morgan fingerprint density at radius 2 is 1.92 bits per heavy atom. The van der Waals surface area contributed by atoms with E-state index < -0.39 is 0 Å². The summed E-state index contributed by atoms with van der Waals surface area (Å²) in [7, 11) is 0. The summed E-state index contributed by atoms with van der Waals surface area (Å²) >= 11 is 0. The lowest BCUT2D eigenvalue weighted by atomic mass is 10.1. The van der Waals surface area contributed by atoms with Crippen molar-refractivity contribution in [1.82, 2.24) is 4.98 Å². The molecule has 1 saturated heterocycles. The van der Waals surface area contributed by atoms with E-state index in [0.717, 1.165) is 36.6 Å². The zero-order valence-corrected chi connectivity index (χ0v) is 15.6. The molecule has 0 spiro atoms. The Labute approximate surface area is 156 Å². The number of aryl methyl sites for hydroxylation is 1. The van der Waals surface area contributed by atoms with E-state index in [-0.39, 0.29) is 0 Å². The van der Waals surface area contributed by atoms with Gasteiger partial charge in [0.05, 0.1) is 6.54 Å². The molecule has 1 aliphatic rings. The van der Waals surface area contributed by atoms with E-state index in [9.17, 15) is 0 Å². The van der Waals surface area contributed by atoms with Gasteiger partial charge in [0.2, 0.25) is 0 Å². The van der Waals surface area contributed by atoms with Gasteiger partial charge in [-0.2, -0.15) is 0 Å². The first-order chi connectivity index (χ1) is 12.7. The Morgan fingerprint density at radius 3 is 2.69 bits per heavy atom. The van der Waals surface area contributed by atoms with Crippen LogP contribution in [0.25, 0.3) is 0 Å². The molecule has 3 rings (SSSR count). The monoisotopic (exact) mass is 351 g/mol. The van der Waals surface area contributed by atoms with Crippen molar-refractivity contribution in [3.63, 3.8) is 0 Å². The number of guanidine groups is 1. The summed E-state index contributed by atoms with van der Waals surface area (Å²) in [6, 6.07) is 12.4. The van der Waals surface area contributed by atoms with Crippen molar-refractivity contribution < 1.29 is 0 Å². The second-order valence-corrected chi connectivity index (χ2v) is 6.80. The molecule has 2 heterocycles. The number of hydrogen-bond acceptors (Lipinski definition) is 3. The molecule has 1 aromatic carbocycles. The molecule has 0 unspecified atom stereocenters. The first kappa shape index (κ1) is 18.2. The van der Waals surface area contributed by atoms with Gasteiger partial charge in [0.25, 0.3) is 0 Å². The van der Waals surface area contributed by atoms with Crippen LogP contribution in [0.1, 0.15) is 43.7 Å². The Kier molecular flexibility index (Phi) is 6.47. The number of nitrogens with one attached hydrogen (secondary N) is 1. The van der Waals surface area contributed by atoms with Gasteiger partial charge in [0.1, 0.15) is 5.82 Å². The van der Waals surface area contributed by atoms with E-state index in [4.69, 9.17) is 5.73 Å². The van der Waals surface area contributed by atoms with Gasteiger partial charge in [-0.15, -0.1) is 0 Å². The standard InChI is InChI=1S/C21H29N5/c1-2-17-8-7-9-19(14-17)25-21(22)24-16-18-10-11-23-20(15-18)26-12-5-3-4-6-13-26/h7-11,14-15H,2-6,12-13,16H2,1H3,(H3,22,24,25). The molecule has 1 aromatic heterocycles. The smallest absolute Gasteiger partial charge is 0.193 e. The molecule has 0 aliphatic carbocycles. The van der Waals surface area contributed by atoms with Crippen LogP contribution in [-0.2, 0) is 13.0 Å². The highest BCUT2D eigenvalue weighted by molar-refractivity contribution is 5.92. The molecule has 2 aromatic rings. The van der Waals surface area contributed by atoms with E-state index in [1.54, 1.807) is 0 Å². The van der Waals surface area contributed by atoms with Crippen LogP contribution in [0.2, 0.25) is 0 Å². The van der Waals surface area contributed by atoms with Crippen molar-refractivity contribution in [1.29, 1.82) is 0 Å². The number of aliphatic imine (C=N–C) groups is 1. The van der Waals surface area contributed by atoms with Crippen LogP contribution in [0.4, 0.5) is 11.5 Å². The van der Waals surface area contributed by atoms with Crippen molar-refractivity contribution in [3.05, 3.63) is 53.7 Å². The van der Waals surface area contributed by atoms with Crippen LogP contribution in [0.5, 0.6) is 0 Å². The number of rotatable bonds is 5. The molecule has 1 fully saturated rings. The SMILES string of the molecule is CCc1cccc(NC(N)=NCc2ccnc(N3CCCCCC3)c2)c1. The van der Waals surface area contributed by atoms with Gasteiger partial charge in [0.15, 0.2) is 5.96 Å². The lowest BCUT2D eigenvalue weighted by Crippen LogP contribution is -2.25. The third kappa shape index (κ3) is 5.22. The highest BCUT2D eigenvalue weighted by atomic mass is 15.2. The lowest BCUT2D eigenvalue weighted by molar-refractivity contribution is 0.726. The minimum Gasteiger partial charge on any atom is -0.370 e. The Balaban J connectivity index is 1.62. The molecular weight excluding hydrogens is 322 g/mol. The van der Waals surface area contributed by atoms with Crippen molar-refractivity contribution in [2.45, 2.75) is 45.6 Å². The summed E-state index contributed by atoms with van der Waals surface area (Å²) in [5, 5.41) is 3.17. The first-order valence-electron chi connectivity index (χ1n) is 9.60. The summed E-state index contributed by atoms with van der Waals surface area (Å²) in [6.45, 7) is 4.88. The quantitative estimate of drug-likeness (QED) is 0.632. The molecule has 138 valence electrons. The average Bonchev–Trinajstić information content (AvgIpc) is 2.96. The van der Waals surface area contributed by atoms with Gasteiger partial charge >= 0.3 is 0 Å². The normalized spacial score (nSPS) is 15.6. The van der Waals surface area contributed by atoms with Gasteiger partial charge in [0, 0.05) is 25.0 Å². The first-order valence-corrected chi connectivity index (χ1v) is 9.60. The van der Waals surface area contributed by atoms with Crippen LogP contribution in [0.15, 0.2) is 47.6 Å². The average molecular weight is 351 g/mol. The third-order valence-electron chi connectivity index (χ3n) is 4.78. The van der Waals surface area contributed by atoms with E-state index in [1.807, 2.05) is 24.4 Å². The Bertz CT molecular complexity index is 733. The minimum absolute atomic E-state index is 0.436. The summed E-state index contributed by atoms with van der Waals surface area (Å²) in [5.74, 6) is 1.49. The maximum atomic E-state index is 6.06. The number of hydrogen-bond donors (Lipinski definition) is 2. The van der Waals surface area contributed by atoms with Crippen molar-refractivity contribution in [2.24, 2.45) is 10.7 Å². The van der Waals surface area contributed by atoms with Gasteiger partial charge in [-0.3, -0.25) is 0 Å². The van der Waals surface area contributed by atoms with Crippen LogP contribution in [0, 0.1) is 0 Å². The number of benzene rings is 1. The lowest BCUT2D eigenvalue weighted by Gasteiger charge is -2.21. The van der Waals surface area contributed by atoms with Gasteiger partial charge < -0.3 is 16.0 Å². The zero-order valence-electron chi connectivity index (χ0n) is 15.6. The molecule has 5 nitrogen and oxygen atoms in total. The predicted molar refractivity (Wildman–Crippen MR) is 110 cm³/mol. The second-order valence-electron chi connectivity index (χ2n) is 6.80. The van der Waals surface area contributed by atoms with Crippen molar-refractivity contribution >= 4 is 17.5 Å². The highest BCUT2D eigenvalue weighted by Crippen LogP contribution is 2.18. The van der Waals surface area contributed by atoms with Gasteiger partial charge in [-0.1, -0.05) is 31.9 Å². The molecule has 0 atom stereocenters. The van der Waals surface area contributed by atoms with Gasteiger partial charge in [-0.05, 0) is 54.7 Å². The second kappa shape index (κ2) is 9.22. The molecule has 1 aliphatic heterocycles. The minimum atomic E-state index is 0.436. The topological polar surface area (TPSA) is 66.5 Å². The fraction of sp³-hybridized carbons (Fsp3) is 0.429. The molecule has 5 heteroatoms. The van der Waals surface area contributed by atoms with Crippen LogP contribution < -0.4 is 16.0 Å². The van der Waals surface area contributed by atoms with Crippen LogP contribution >= 0.6 is 0 Å². The maximum absolute atomic E-state index is 6.06. The molecule has 0 radical (unpaired) electrons. The van der Waals surface area contributed by atoms with Gasteiger partial charge in [-0.25, -0.2) is 9.98 Å². The molecule has 0 bridgehead atoms. The third-order valence-corrected chi connectivity index (χ3v) is 4.78. The highest BCUT2D eigenvalue weighted by Gasteiger charge is 2.11. The summed E-state index contributed by atoms with van der Waals surface area (Å²) in [5.41, 5.74) is 9.44. The fourth-order valence-electron chi connectivity index (χ4n) is 3.26. The summed E-state index contributed by atoms with van der Waals surface area (Å²) in [6.07, 6.45) is 8.02. The number of pyridine rings is 1. The zero-order chi connectivity index (χ0) is 18.2. The fourth-order valence-corrected chi connectivity index (χ4v) is 3.26. The molecule has 3 N–H and O–H groups in total. The number of nitrogens with two attached hydrogens (primary N) is 1. The number of aromatic nitrogens is 1. The largest absolute Gasteiger partial charge is 0.370 e. The Morgan fingerprint density at radius 1 is 1.12 bits per heavy atom. The number of nitrogens with zero attached hydrogens (tertiary/aromatic N) is 3. The molecule has 0 amide bonds. The van der Waals surface area contributed by atoms with E-state index in [1.165, 1.54) is 31.2 Å². The molecule has 0 saturated carbocycles. The van der Waals surface area contributed by atoms with Crippen molar-refractivity contribution in [3.8, 4) is 0 Å².